The van der Waals surface area contributed by atoms with Gasteiger partial charge in [0.2, 0.25) is 15.9 Å². The van der Waals surface area contributed by atoms with Crippen molar-refractivity contribution in [1.29, 1.82) is 0 Å². The largest absolute Gasteiger partial charge is 0.435 e. The molecule has 60 heavy (non-hydrogen) atoms. The minimum absolute atomic E-state index is 0.0371. The lowest BCUT2D eigenvalue weighted by Gasteiger charge is -2.39. The van der Waals surface area contributed by atoms with Crippen LogP contribution in [0.2, 0.25) is 5.02 Å². The number of hydrogen-bond acceptors (Lipinski definition) is 7. The molecule has 2 fully saturated rings. The van der Waals surface area contributed by atoms with Crippen molar-refractivity contribution >= 4 is 44.3 Å². The number of aryl methyl sites for hydroxylation is 1. The molecule has 3 atom stereocenters. The molecule has 0 radical (unpaired) electrons. The number of pyridine rings is 1. The van der Waals surface area contributed by atoms with Gasteiger partial charge in [-0.05, 0) is 60.6 Å². The van der Waals surface area contributed by atoms with Crippen molar-refractivity contribution in [2.75, 3.05) is 11.0 Å². The summed E-state index contributed by atoms with van der Waals surface area (Å²) in [7, 11) is -2.46. The molecule has 0 unspecified atom stereocenters. The molecule has 316 valence electrons. The molecule has 11 nitrogen and oxygen atoms in total. The number of aromatic nitrogens is 5. The summed E-state index contributed by atoms with van der Waals surface area (Å²) < 4.78 is 158. The molecule has 0 saturated heterocycles. The normalized spacial score (nSPS) is 20.1. The maximum Gasteiger partial charge on any atom is 0.435 e. The highest BCUT2D eigenvalue weighted by atomic mass is 35.5. The molecular weight excluding hydrogens is 857 g/mol. The van der Waals surface area contributed by atoms with E-state index in [1.54, 1.807) is 0 Å². The number of nitrogens with one attached hydrogen (secondary N) is 2. The van der Waals surface area contributed by atoms with E-state index in [1.165, 1.54) is 36.0 Å². The lowest BCUT2D eigenvalue weighted by atomic mass is 9.77. The van der Waals surface area contributed by atoms with E-state index in [0.29, 0.717) is 10.7 Å². The predicted molar refractivity (Wildman–Crippen MR) is 196 cm³/mol. The second kappa shape index (κ2) is 13.9. The van der Waals surface area contributed by atoms with Crippen LogP contribution in [0.3, 0.4) is 0 Å². The summed E-state index contributed by atoms with van der Waals surface area (Å²) in [5.74, 6) is -7.92. The molecule has 22 heteroatoms. The topological polar surface area (TPSA) is 144 Å². The highest BCUT2D eigenvalue weighted by molar-refractivity contribution is 7.92. The van der Waals surface area contributed by atoms with E-state index in [-0.39, 0.29) is 56.2 Å². The van der Waals surface area contributed by atoms with Crippen LogP contribution < -0.4 is 10.0 Å². The van der Waals surface area contributed by atoms with Gasteiger partial charge in [-0.1, -0.05) is 23.6 Å². The number of alkyl halides is 7. The molecule has 2 aromatic carbocycles. The number of sulfonamides is 1. The molecule has 0 bridgehead atoms. The number of anilines is 1. The van der Waals surface area contributed by atoms with Crippen LogP contribution >= 0.6 is 11.6 Å². The maximum atomic E-state index is 15.4. The van der Waals surface area contributed by atoms with Crippen molar-refractivity contribution in [3.63, 3.8) is 0 Å². The number of carbonyl (C=O) groups is 1. The summed E-state index contributed by atoms with van der Waals surface area (Å²) in [5.41, 5.74) is -5.27. The molecule has 3 heterocycles. The van der Waals surface area contributed by atoms with Crippen molar-refractivity contribution in [2.45, 2.75) is 67.8 Å². The number of amides is 1. The van der Waals surface area contributed by atoms with Gasteiger partial charge in [0.1, 0.15) is 35.2 Å². The minimum Gasteiger partial charge on any atom is -0.377 e. The highest BCUT2D eigenvalue weighted by Crippen LogP contribution is 2.68. The summed E-state index contributed by atoms with van der Waals surface area (Å²) in [5, 5.41) is 20.9. The van der Waals surface area contributed by atoms with Gasteiger partial charge in [0.15, 0.2) is 11.5 Å². The van der Waals surface area contributed by atoms with E-state index < -0.39 is 112 Å². The number of halogens is 10. The van der Waals surface area contributed by atoms with Crippen LogP contribution in [-0.2, 0) is 46.9 Å². The first-order chi connectivity index (χ1) is 27.8. The molecule has 3 aliphatic carbocycles. The third-order valence-electron chi connectivity index (χ3n) is 10.5. The lowest BCUT2D eigenvalue weighted by Crippen LogP contribution is -2.50. The summed E-state index contributed by atoms with van der Waals surface area (Å²) in [6.07, 6.45) is -6.88. The number of aliphatic hydroxyl groups is 1. The Bertz CT molecular complexity index is 2790. The first-order valence-corrected chi connectivity index (χ1v) is 20.2. The van der Waals surface area contributed by atoms with Crippen LogP contribution in [0.1, 0.15) is 65.1 Å². The minimum atomic E-state index is -5.13. The zero-order chi connectivity index (χ0) is 43.5. The molecule has 3 aromatic heterocycles. The van der Waals surface area contributed by atoms with Crippen LogP contribution in [0.25, 0.3) is 22.0 Å². The number of benzene rings is 2. The maximum absolute atomic E-state index is 15.4. The van der Waals surface area contributed by atoms with Gasteiger partial charge in [-0.15, -0.1) is 0 Å². The fourth-order valence-corrected chi connectivity index (χ4v) is 8.84. The quantitative estimate of drug-likeness (QED) is 0.107. The molecule has 0 spiro atoms. The summed E-state index contributed by atoms with van der Waals surface area (Å²) >= 11 is 6.54. The van der Waals surface area contributed by atoms with Gasteiger partial charge in [-0.2, -0.15) is 32.1 Å². The number of carbonyl (C=O) groups excluding carboxylic acids is 1. The summed E-state index contributed by atoms with van der Waals surface area (Å²) in [4.78, 5) is 18.5. The number of rotatable bonds is 9. The van der Waals surface area contributed by atoms with Gasteiger partial charge in [0, 0.05) is 35.7 Å². The van der Waals surface area contributed by atoms with E-state index in [2.05, 4.69) is 37.1 Å². The standard InChI is InChI=1S/C38H29ClF9N7O4S/c1-54-31-22(5-6-25(39)29(31)34(52-54)53-60(2,58)59)21-4-3-20(7-8-35(57)15-36(42,43)16-35)49-30(21)26(11-17-9-18(40)12-19(41)10-17)50-27(56)14-55-33-28(32(51-55)38(46,47)48)23-13-24(23)37(33,44)45/h3-6,9-10,12,23-24,26,57H,11,13-16H2,1-2H3,(H,50,56)(H,52,53)/t23-,24+,26-/m0/s1. The summed E-state index contributed by atoms with van der Waals surface area (Å²) in [6.45, 7) is -1.16. The van der Waals surface area contributed by atoms with Crippen LogP contribution in [0.4, 0.5) is 45.3 Å². The molecule has 1 amide bonds. The van der Waals surface area contributed by atoms with Crippen molar-refractivity contribution in [3.05, 3.63) is 93.0 Å². The zero-order valence-electron chi connectivity index (χ0n) is 30.9. The van der Waals surface area contributed by atoms with Gasteiger partial charge >= 0.3 is 6.18 Å². The smallest absolute Gasteiger partial charge is 0.377 e. The van der Waals surface area contributed by atoms with E-state index in [0.717, 1.165) is 18.4 Å². The Labute approximate surface area is 339 Å². The molecule has 0 aliphatic heterocycles. The van der Waals surface area contributed by atoms with Gasteiger partial charge in [0.05, 0.1) is 46.8 Å². The Kier molecular flexibility index (Phi) is 9.56. The molecule has 2 saturated carbocycles. The Hall–Kier alpha value is -5.33. The highest BCUT2D eigenvalue weighted by Gasteiger charge is 2.68. The number of nitrogens with zero attached hydrogens (tertiary/aromatic N) is 5. The molecule has 5 aromatic rings. The van der Waals surface area contributed by atoms with E-state index in [9.17, 15) is 49.1 Å². The zero-order valence-corrected chi connectivity index (χ0v) is 32.5. The van der Waals surface area contributed by atoms with Crippen LogP contribution in [-0.4, -0.2) is 61.8 Å². The van der Waals surface area contributed by atoms with E-state index >= 15 is 8.78 Å². The summed E-state index contributed by atoms with van der Waals surface area (Å²) in [6, 6.07) is 6.48. The number of fused-ring (bicyclic) bond motifs is 4. The Morgan fingerprint density at radius 1 is 1.05 bits per heavy atom. The average molecular weight is 886 g/mol. The number of hydrogen-bond donors (Lipinski definition) is 3. The monoisotopic (exact) mass is 885 g/mol. The first-order valence-electron chi connectivity index (χ1n) is 17.9. The lowest BCUT2D eigenvalue weighted by molar-refractivity contribution is -0.176. The van der Waals surface area contributed by atoms with Crippen molar-refractivity contribution < 1.29 is 57.8 Å². The van der Waals surface area contributed by atoms with Crippen molar-refractivity contribution in [3.8, 4) is 23.0 Å². The van der Waals surface area contributed by atoms with Gasteiger partial charge in [-0.25, -0.2) is 31.0 Å². The van der Waals surface area contributed by atoms with E-state index in [1.807, 2.05) is 0 Å². The Morgan fingerprint density at radius 3 is 2.35 bits per heavy atom. The average Bonchev–Trinajstić information content (AvgIpc) is 3.64. The van der Waals surface area contributed by atoms with Crippen molar-refractivity contribution in [2.24, 2.45) is 13.0 Å². The van der Waals surface area contributed by atoms with Gasteiger partial charge < -0.3 is 10.4 Å². The third-order valence-corrected chi connectivity index (χ3v) is 11.4. The van der Waals surface area contributed by atoms with Gasteiger partial charge in [0.25, 0.3) is 11.8 Å². The fraction of sp³-hybridized carbons (Fsp3) is 0.368. The molecular formula is C38H29ClF9N7O4S. The van der Waals surface area contributed by atoms with Gasteiger partial charge in [-0.3, -0.25) is 18.9 Å². The van der Waals surface area contributed by atoms with Crippen LogP contribution in [0.15, 0.2) is 42.5 Å². The third kappa shape index (κ3) is 7.64. The van der Waals surface area contributed by atoms with Crippen LogP contribution in [0, 0.1) is 29.4 Å². The fourth-order valence-electron chi connectivity index (χ4n) is 8.10. The Balaban J connectivity index is 1.28. The Morgan fingerprint density at radius 2 is 1.72 bits per heavy atom. The second-order valence-corrected chi connectivity index (χ2v) is 17.4. The molecule has 3 N–H and O–H groups in total. The molecule has 8 rings (SSSR count). The SMILES string of the molecule is Cn1nc(NS(C)(=O)=O)c2c(Cl)ccc(-c3ccc(C#CC4(O)CC(F)(F)C4)nc3[C@H](Cc3cc(F)cc(F)c3)NC(=O)Cn3nc(C(F)(F)F)c4c3C(F)(F)[C@@H]3C[C@H]43)c21. The first kappa shape index (κ1) is 41.4. The van der Waals surface area contributed by atoms with E-state index in [4.69, 9.17) is 11.6 Å². The van der Waals surface area contributed by atoms with Crippen LogP contribution in [0.5, 0.6) is 0 Å². The van der Waals surface area contributed by atoms with Crippen molar-refractivity contribution in [1.82, 2.24) is 29.9 Å². The second-order valence-electron chi connectivity index (χ2n) is 15.2. The molecule has 3 aliphatic rings. The predicted octanol–water partition coefficient (Wildman–Crippen LogP) is 6.97.